The number of nitrogens with zero attached hydrogens (tertiary/aromatic N) is 1. The van der Waals surface area contributed by atoms with Gasteiger partial charge >= 0.3 is 5.97 Å². The molecule has 3 rings (SSSR count). The average Bonchev–Trinajstić information content (AvgIpc) is 2.98. The number of carbonyl (C=O) groups is 2. The van der Waals surface area contributed by atoms with Crippen LogP contribution in [0.2, 0.25) is 0 Å². The third-order valence-electron chi connectivity index (χ3n) is 4.75. The number of fused-ring (bicyclic) bond motifs is 1. The minimum Gasteiger partial charge on any atom is -0.481 e. The molecule has 1 aliphatic heterocycles. The van der Waals surface area contributed by atoms with Crippen molar-refractivity contribution in [1.82, 2.24) is 4.90 Å². The smallest absolute Gasteiger partial charge is 0.311 e. The molecule has 1 saturated carbocycles. The van der Waals surface area contributed by atoms with Crippen molar-refractivity contribution in [1.29, 1.82) is 0 Å². The van der Waals surface area contributed by atoms with Gasteiger partial charge in [0.15, 0.2) is 0 Å². The summed E-state index contributed by atoms with van der Waals surface area (Å²) < 4.78 is 13.9. The van der Waals surface area contributed by atoms with E-state index in [4.69, 9.17) is 0 Å². The Bertz CT molecular complexity index is 621. The quantitative estimate of drug-likeness (QED) is 0.887. The maximum absolute atomic E-state index is 13.5. The molecule has 0 bridgehead atoms. The van der Waals surface area contributed by atoms with Gasteiger partial charge in [-0.05, 0) is 52.9 Å². The van der Waals surface area contributed by atoms with E-state index in [1.54, 1.807) is 11.0 Å². The van der Waals surface area contributed by atoms with Gasteiger partial charge in [-0.3, -0.25) is 9.59 Å². The van der Waals surface area contributed by atoms with Gasteiger partial charge in [-0.15, -0.1) is 0 Å². The Morgan fingerprint density at radius 3 is 2.81 bits per heavy atom. The molecule has 1 saturated heterocycles. The van der Waals surface area contributed by atoms with Gasteiger partial charge in [0.05, 0.1) is 9.89 Å². The molecule has 21 heavy (non-hydrogen) atoms. The Morgan fingerprint density at radius 1 is 1.43 bits per heavy atom. The highest BCUT2D eigenvalue weighted by Gasteiger charge is 2.55. The topological polar surface area (TPSA) is 57.6 Å². The highest BCUT2D eigenvalue weighted by Crippen LogP contribution is 2.49. The number of carboxylic acid groups (broad SMARTS) is 1. The lowest BCUT2D eigenvalue weighted by molar-refractivity contribution is -0.149. The lowest BCUT2D eigenvalue weighted by Crippen LogP contribution is -2.37. The first-order chi connectivity index (χ1) is 9.94. The van der Waals surface area contributed by atoms with Crippen molar-refractivity contribution in [3.05, 3.63) is 34.1 Å². The normalized spacial score (nSPS) is 27.7. The number of aliphatic carboxylic acids is 1. The molecule has 1 heterocycles. The van der Waals surface area contributed by atoms with Crippen molar-refractivity contribution in [2.45, 2.75) is 19.3 Å². The maximum atomic E-state index is 13.5. The summed E-state index contributed by atoms with van der Waals surface area (Å²) in [7, 11) is 0. The summed E-state index contributed by atoms with van der Waals surface area (Å²) in [4.78, 5) is 25.6. The van der Waals surface area contributed by atoms with Crippen LogP contribution in [0.5, 0.6) is 0 Å². The molecule has 0 aromatic heterocycles. The van der Waals surface area contributed by atoms with E-state index in [0.717, 1.165) is 12.8 Å². The van der Waals surface area contributed by atoms with Gasteiger partial charge in [-0.1, -0.05) is 6.42 Å². The zero-order valence-electron chi connectivity index (χ0n) is 11.3. The second kappa shape index (κ2) is 5.09. The van der Waals surface area contributed by atoms with Crippen LogP contribution in [0.1, 0.15) is 29.6 Å². The first kappa shape index (κ1) is 14.5. The van der Waals surface area contributed by atoms with Crippen LogP contribution in [0.15, 0.2) is 22.7 Å². The van der Waals surface area contributed by atoms with E-state index in [-0.39, 0.29) is 23.9 Å². The summed E-state index contributed by atoms with van der Waals surface area (Å²) in [6.07, 6.45) is 2.35. The average molecular weight is 356 g/mol. The van der Waals surface area contributed by atoms with Crippen molar-refractivity contribution in [2.75, 3.05) is 13.1 Å². The predicted octanol–water partition coefficient (Wildman–Crippen LogP) is 2.92. The van der Waals surface area contributed by atoms with Crippen LogP contribution in [0.3, 0.4) is 0 Å². The van der Waals surface area contributed by atoms with Crippen LogP contribution in [-0.2, 0) is 4.79 Å². The Hall–Kier alpha value is -1.43. The minimum atomic E-state index is -0.817. The number of likely N-dealkylation sites (tertiary alicyclic amines) is 1. The van der Waals surface area contributed by atoms with E-state index in [1.165, 1.54) is 12.1 Å². The number of hydrogen-bond acceptors (Lipinski definition) is 2. The molecule has 1 aromatic rings. The molecule has 0 unspecified atom stereocenters. The fourth-order valence-electron chi connectivity index (χ4n) is 3.61. The van der Waals surface area contributed by atoms with E-state index in [0.29, 0.717) is 17.4 Å². The zero-order valence-corrected chi connectivity index (χ0v) is 12.9. The van der Waals surface area contributed by atoms with Crippen LogP contribution in [0, 0.1) is 17.2 Å². The van der Waals surface area contributed by atoms with Crippen molar-refractivity contribution < 1.29 is 19.1 Å². The van der Waals surface area contributed by atoms with Crippen LogP contribution in [0.4, 0.5) is 4.39 Å². The molecule has 1 amide bonds. The van der Waals surface area contributed by atoms with Gasteiger partial charge < -0.3 is 10.0 Å². The summed E-state index contributed by atoms with van der Waals surface area (Å²) in [6, 6.07) is 4.23. The first-order valence-corrected chi connectivity index (χ1v) is 7.71. The largest absolute Gasteiger partial charge is 0.481 e. The second-order valence-electron chi connectivity index (χ2n) is 5.87. The van der Waals surface area contributed by atoms with Gasteiger partial charge in [0.1, 0.15) is 5.82 Å². The predicted molar refractivity (Wildman–Crippen MR) is 77.4 cm³/mol. The maximum Gasteiger partial charge on any atom is 0.311 e. The number of amides is 1. The fourth-order valence-corrected chi connectivity index (χ4v) is 3.85. The number of halogens is 2. The summed E-state index contributed by atoms with van der Waals surface area (Å²) in [6.45, 7) is 0.673. The van der Waals surface area contributed by atoms with Gasteiger partial charge in [-0.2, -0.15) is 0 Å². The third-order valence-corrected chi connectivity index (χ3v) is 5.39. The van der Waals surface area contributed by atoms with Gasteiger partial charge in [-0.25, -0.2) is 4.39 Å². The number of hydrogen-bond donors (Lipinski definition) is 1. The SMILES string of the molecule is O=C(c1ccc(Br)c(F)c1)N1C[C@@H]2CCC[C@@]2(C(=O)O)C1. The summed E-state index contributed by atoms with van der Waals surface area (Å²) in [5, 5.41) is 9.52. The van der Waals surface area contributed by atoms with Crippen LogP contribution < -0.4 is 0 Å². The van der Waals surface area contributed by atoms with Crippen molar-refractivity contribution in [3.8, 4) is 0 Å². The first-order valence-electron chi connectivity index (χ1n) is 6.92. The van der Waals surface area contributed by atoms with Gasteiger partial charge in [0.2, 0.25) is 0 Å². The van der Waals surface area contributed by atoms with E-state index < -0.39 is 17.2 Å². The highest BCUT2D eigenvalue weighted by molar-refractivity contribution is 9.10. The molecule has 0 spiro atoms. The van der Waals surface area contributed by atoms with Crippen molar-refractivity contribution in [2.24, 2.45) is 11.3 Å². The van der Waals surface area contributed by atoms with Gasteiger partial charge in [0, 0.05) is 18.7 Å². The zero-order chi connectivity index (χ0) is 15.2. The monoisotopic (exact) mass is 355 g/mol. The molecule has 112 valence electrons. The van der Waals surface area contributed by atoms with E-state index in [9.17, 15) is 19.1 Å². The Labute approximate surface area is 130 Å². The fraction of sp³-hybridized carbons (Fsp3) is 0.467. The Morgan fingerprint density at radius 2 is 2.19 bits per heavy atom. The molecule has 2 aliphatic rings. The van der Waals surface area contributed by atoms with E-state index in [2.05, 4.69) is 15.9 Å². The van der Waals surface area contributed by atoms with Crippen molar-refractivity contribution >= 4 is 27.8 Å². The lowest BCUT2D eigenvalue weighted by atomic mass is 9.81. The summed E-state index contributed by atoms with van der Waals surface area (Å²) >= 11 is 3.05. The molecule has 1 N–H and O–H groups in total. The molecule has 6 heteroatoms. The minimum absolute atomic E-state index is 0.0132. The number of rotatable bonds is 2. The molecule has 1 aromatic carbocycles. The van der Waals surface area contributed by atoms with Gasteiger partial charge in [0.25, 0.3) is 5.91 Å². The van der Waals surface area contributed by atoms with Crippen LogP contribution in [0.25, 0.3) is 0 Å². The Kier molecular flexibility index (Phi) is 3.51. The molecule has 2 atom stereocenters. The Balaban J connectivity index is 1.84. The summed E-state index contributed by atoms with van der Waals surface area (Å²) in [5.74, 6) is -1.59. The number of carboxylic acids is 1. The van der Waals surface area contributed by atoms with Crippen LogP contribution >= 0.6 is 15.9 Å². The van der Waals surface area contributed by atoms with Crippen molar-refractivity contribution in [3.63, 3.8) is 0 Å². The molecule has 2 fully saturated rings. The molecule has 0 radical (unpaired) electrons. The highest BCUT2D eigenvalue weighted by atomic mass is 79.9. The second-order valence-corrected chi connectivity index (χ2v) is 6.72. The third kappa shape index (κ3) is 2.25. The standard InChI is InChI=1S/C15H15BrFNO3/c16-11-4-3-9(6-12(11)17)13(19)18-7-10-2-1-5-15(10,8-18)14(20)21/h3-4,6,10H,1-2,5,7-8H2,(H,20,21)/t10-,15+/m0/s1. The number of benzene rings is 1. The van der Waals surface area contributed by atoms with E-state index in [1.807, 2.05) is 0 Å². The van der Waals surface area contributed by atoms with Crippen LogP contribution in [-0.4, -0.2) is 35.0 Å². The summed E-state index contributed by atoms with van der Waals surface area (Å²) in [5.41, 5.74) is -0.542. The molecule has 1 aliphatic carbocycles. The lowest BCUT2D eigenvalue weighted by Gasteiger charge is -2.23. The molecule has 4 nitrogen and oxygen atoms in total. The molecular formula is C15H15BrFNO3. The number of carbonyl (C=O) groups excluding carboxylic acids is 1. The van der Waals surface area contributed by atoms with E-state index >= 15 is 0 Å². The molecular weight excluding hydrogens is 341 g/mol.